The standard InChI is InChI=1S/C20H32N2O/c1-17-5-7-18(8-6-17)9-12-22(14-19-4-3-13-23-19)16-20(2)10-11-21-15-20/h5-8,19,21H,3-4,9-16H2,1-2H3. The van der Waals surface area contributed by atoms with Crippen LogP contribution in [0.4, 0.5) is 0 Å². The second-order valence-electron chi connectivity index (χ2n) is 7.84. The number of hydrogen-bond acceptors (Lipinski definition) is 3. The molecule has 0 aromatic heterocycles. The highest BCUT2D eigenvalue weighted by Gasteiger charge is 2.31. The number of aryl methyl sites for hydroxylation is 1. The molecule has 3 heteroatoms. The van der Waals surface area contributed by atoms with Crippen molar-refractivity contribution in [3.8, 4) is 0 Å². The molecule has 0 bridgehead atoms. The van der Waals surface area contributed by atoms with E-state index in [4.69, 9.17) is 4.74 Å². The second-order valence-corrected chi connectivity index (χ2v) is 7.84. The lowest BCUT2D eigenvalue weighted by Gasteiger charge is -2.33. The molecule has 128 valence electrons. The van der Waals surface area contributed by atoms with E-state index in [1.54, 1.807) is 0 Å². The lowest BCUT2D eigenvalue weighted by Crippen LogP contribution is -2.42. The zero-order chi connectivity index (χ0) is 16.1. The SMILES string of the molecule is Cc1ccc(CCN(CC2CCCO2)CC2(C)CCNC2)cc1. The predicted octanol–water partition coefficient (Wildman–Crippen LogP) is 3.02. The third-order valence-corrected chi connectivity index (χ3v) is 5.39. The number of ether oxygens (including phenoxy) is 1. The van der Waals surface area contributed by atoms with Gasteiger partial charge < -0.3 is 10.1 Å². The van der Waals surface area contributed by atoms with Crippen molar-refractivity contribution in [1.82, 2.24) is 10.2 Å². The van der Waals surface area contributed by atoms with Gasteiger partial charge in [-0.2, -0.15) is 0 Å². The average Bonchev–Trinajstić information content (AvgIpc) is 3.18. The Morgan fingerprint density at radius 1 is 1.30 bits per heavy atom. The molecule has 0 spiro atoms. The molecule has 2 atom stereocenters. The summed E-state index contributed by atoms with van der Waals surface area (Å²) in [5.74, 6) is 0. The fraction of sp³-hybridized carbons (Fsp3) is 0.700. The van der Waals surface area contributed by atoms with Gasteiger partial charge in [-0.3, -0.25) is 4.90 Å². The summed E-state index contributed by atoms with van der Waals surface area (Å²) in [6.45, 7) is 11.3. The Labute approximate surface area is 141 Å². The highest BCUT2D eigenvalue weighted by Crippen LogP contribution is 2.26. The van der Waals surface area contributed by atoms with Crippen LogP contribution in [-0.2, 0) is 11.2 Å². The van der Waals surface area contributed by atoms with E-state index < -0.39 is 0 Å². The van der Waals surface area contributed by atoms with Crippen molar-refractivity contribution in [2.45, 2.75) is 45.6 Å². The van der Waals surface area contributed by atoms with Crippen LogP contribution >= 0.6 is 0 Å². The molecule has 2 unspecified atom stereocenters. The first-order valence-corrected chi connectivity index (χ1v) is 9.23. The van der Waals surface area contributed by atoms with E-state index >= 15 is 0 Å². The lowest BCUT2D eigenvalue weighted by molar-refractivity contribution is 0.0595. The van der Waals surface area contributed by atoms with Gasteiger partial charge in [0.1, 0.15) is 0 Å². The minimum absolute atomic E-state index is 0.423. The van der Waals surface area contributed by atoms with Crippen molar-refractivity contribution < 1.29 is 4.74 Å². The van der Waals surface area contributed by atoms with E-state index in [9.17, 15) is 0 Å². The van der Waals surface area contributed by atoms with E-state index in [2.05, 4.69) is 48.3 Å². The molecule has 3 rings (SSSR count). The maximum Gasteiger partial charge on any atom is 0.0702 e. The van der Waals surface area contributed by atoms with Gasteiger partial charge in [-0.05, 0) is 50.1 Å². The molecule has 23 heavy (non-hydrogen) atoms. The number of rotatable bonds is 7. The summed E-state index contributed by atoms with van der Waals surface area (Å²) in [7, 11) is 0. The maximum absolute atomic E-state index is 5.89. The van der Waals surface area contributed by atoms with Gasteiger partial charge in [-0.1, -0.05) is 36.8 Å². The Morgan fingerprint density at radius 3 is 2.78 bits per heavy atom. The highest BCUT2D eigenvalue weighted by atomic mass is 16.5. The first kappa shape index (κ1) is 16.9. The van der Waals surface area contributed by atoms with E-state index in [1.165, 1.54) is 43.5 Å². The first-order chi connectivity index (χ1) is 11.1. The molecule has 0 aliphatic carbocycles. The van der Waals surface area contributed by atoms with Gasteiger partial charge in [0.25, 0.3) is 0 Å². The van der Waals surface area contributed by atoms with E-state index in [1.807, 2.05) is 0 Å². The Balaban J connectivity index is 1.57. The van der Waals surface area contributed by atoms with Gasteiger partial charge in [0.2, 0.25) is 0 Å². The molecular weight excluding hydrogens is 284 g/mol. The van der Waals surface area contributed by atoms with Gasteiger partial charge in [0.15, 0.2) is 0 Å². The largest absolute Gasteiger partial charge is 0.377 e. The fourth-order valence-corrected chi connectivity index (χ4v) is 3.90. The first-order valence-electron chi connectivity index (χ1n) is 9.23. The average molecular weight is 316 g/mol. The summed E-state index contributed by atoms with van der Waals surface area (Å²) in [6, 6.07) is 9.00. The summed E-state index contributed by atoms with van der Waals surface area (Å²) >= 11 is 0. The van der Waals surface area contributed by atoms with Crippen LogP contribution in [0.5, 0.6) is 0 Å². The topological polar surface area (TPSA) is 24.5 Å². The summed E-state index contributed by atoms with van der Waals surface area (Å²) < 4.78 is 5.89. The highest BCUT2D eigenvalue weighted by molar-refractivity contribution is 5.21. The minimum Gasteiger partial charge on any atom is -0.377 e. The summed E-state index contributed by atoms with van der Waals surface area (Å²) in [6.07, 6.45) is 5.34. The van der Waals surface area contributed by atoms with Crippen molar-refractivity contribution in [2.24, 2.45) is 5.41 Å². The summed E-state index contributed by atoms with van der Waals surface area (Å²) in [4.78, 5) is 2.66. The Bertz CT molecular complexity index is 473. The second kappa shape index (κ2) is 7.78. The van der Waals surface area contributed by atoms with Crippen LogP contribution < -0.4 is 5.32 Å². The number of benzene rings is 1. The van der Waals surface area contributed by atoms with Crippen molar-refractivity contribution in [1.29, 1.82) is 0 Å². The molecule has 2 heterocycles. The maximum atomic E-state index is 5.89. The molecule has 0 radical (unpaired) electrons. The number of nitrogens with one attached hydrogen (secondary N) is 1. The molecule has 2 aliphatic rings. The van der Waals surface area contributed by atoms with E-state index in [-0.39, 0.29) is 0 Å². The monoisotopic (exact) mass is 316 g/mol. The summed E-state index contributed by atoms with van der Waals surface area (Å²) in [5.41, 5.74) is 3.21. The molecule has 3 nitrogen and oxygen atoms in total. The molecule has 2 saturated heterocycles. The van der Waals surface area contributed by atoms with Gasteiger partial charge in [-0.25, -0.2) is 0 Å². The molecule has 1 aromatic rings. The van der Waals surface area contributed by atoms with Crippen LogP contribution in [0.1, 0.15) is 37.3 Å². The van der Waals surface area contributed by atoms with Gasteiger partial charge in [0, 0.05) is 32.8 Å². The Morgan fingerprint density at radius 2 is 2.13 bits per heavy atom. The van der Waals surface area contributed by atoms with Crippen LogP contribution in [0.3, 0.4) is 0 Å². The molecule has 1 aromatic carbocycles. The van der Waals surface area contributed by atoms with Crippen LogP contribution in [0, 0.1) is 12.3 Å². The molecule has 0 amide bonds. The predicted molar refractivity (Wildman–Crippen MR) is 95.9 cm³/mol. The van der Waals surface area contributed by atoms with Gasteiger partial charge in [0.05, 0.1) is 6.10 Å². The van der Waals surface area contributed by atoms with E-state index in [0.717, 1.165) is 32.7 Å². The smallest absolute Gasteiger partial charge is 0.0702 e. The van der Waals surface area contributed by atoms with Crippen molar-refractivity contribution >= 4 is 0 Å². The summed E-state index contributed by atoms with van der Waals surface area (Å²) in [5, 5.41) is 3.53. The number of hydrogen-bond donors (Lipinski definition) is 1. The Hall–Kier alpha value is -0.900. The quantitative estimate of drug-likeness (QED) is 0.837. The third kappa shape index (κ3) is 5.03. The molecular formula is C20H32N2O. The van der Waals surface area contributed by atoms with Crippen molar-refractivity contribution in [2.75, 3.05) is 39.3 Å². The number of nitrogens with zero attached hydrogens (tertiary/aromatic N) is 1. The fourth-order valence-electron chi connectivity index (χ4n) is 3.90. The van der Waals surface area contributed by atoms with Crippen LogP contribution in [-0.4, -0.2) is 50.3 Å². The minimum atomic E-state index is 0.423. The van der Waals surface area contributed by atoms with Crippen LogP contribution in [0.15, 0.2) is 24.3 Å². The third-order valence-electron chi connectivity index (χ3n) is 5.39. The Kier molecular flexibility index (Phi) is 5.73. The van der Waals surface area contributed by atoms with Crippen molar-refractivity contribution in [3.05, 3.63) is 35.4 Å². The zero-order valence-electron chi connectivity index (χ0n) is 14.8. The van der Waals surface area contributed by atoms with Crippen LogP contribution in [0.2, 0.25) is 0 Å². The van der Waals surface area contributed by atoms with Crippen molar-refractivity contribution in [3.63, 3.8) is 0 Å². The zero-order valence-corrected chi connectivity index (χ0v) is 14.8. The molecule has 1 N–H and O–H groups in total. The van der Waals surface area contributed by atoms with Gasteiger partial charge in [-0.15, -0.1) is 0 Å². The van der Waals surface area contributed by atoms with Crippen LogP contribution in [0.25, 0.3) is 0 Å². The molecule has 2 fully saturated rings. The van der Waals surface area contributed by atoms with Gasteiger partial charge >= 0.3 is 0 Å². The lowest BCUT2D eigenvalue weighted by atomic mass is 9.89. The van der Waals surface area contributed by atoms with E-state index in [0.29, 0.717) is 11.5 Å². The normalized spacial score (nSPS) is 27.9. The molecule has 0 saturated carbocycles. The molecule has 2 aliphatic heterocycles.